The Hall–Kier alpha value is -3.15. The predicted molar refractivity (Wildman–Crippen MR) is 120 cm³/mol. The van der Waals surface area contributed by atoms with Gasteiger partial charge in [0.2, 0.25) is 5.91 Å². The van der Waals surface area contributed by atoms with Crippen LogP contribution in [-0.2, 0) is 24.4 Å². The molecule has 162 valence electrons. The third kappa shape index (κ3) is 6.17. The van der Waals surface area contributed by atoms with Crippen LogP contribution in [0.1, 0.15) is 36.0 Å². The van der Waals surface area contributed by atoms with Crippen LogP contribution in [0.2, 0.25) is 0 Å². The fraction of sp³-hybridized carbons (Fsp3) is 0.400. The third-order valence-electron chi connectivity index (χ3n) is 5.89. The van der Waals surface area contributed by atoms with Gasteiger partial charge in [0.15, 0.2) is 0 Å². The maximum atomic E-state index is 12.5. The van der Waals surface area contributed by atoms with Crippen molar-refractivity contribution in [3.05, 3.63) is 77.9 Å². The van der Waals surface area contributed by atoms with E-state index >= 15 is 0 Å². The number of nitrogens with zero attached hydrogens (tertiary/aromatic N) is 4. The number of hydrogen-bond acceptors (Lipinski definition) is 4. The smallest absolute Gasteiger partial charge is 0.224 e. The molecule has 1 aromatic carbocycles. The summed E-state index contributed by atoms with van der Waals surface area (Å²) < 4.78 is 7.64. The van der Waals surface area contributed by atoms with Gasteiger partial charge in [-0.25, -0.2) is 0 Å². The van der Waals surface area contributed by atoms with Gasteiger partial charge in [-0.05, 0) is 60.9 Å². The van der Waals surface area contributed by atoms with Gasteiger partial charge in [0.1, 0.15) is 12.4 Å². The molecular formula is C25H30N4O2. The van der Waals surface area contributed by atoms with E-state index in [0.29, 0.717) is 25.5 Å². The van der Waals surface area contributed by atoms with E-state index in [2.05, 4.69) is 34.3 Å². The van der Waals surface area contributed by atoms with Crippen molar-refractivity contribution in [2.45, 2.75) is 45.8 Å². The predicted octanol–water partition coefficient (Wildman–Crippen LogP) is 4.04. The first-order valence-electron chi connectivity index (χ1n) is 11.0. The van der Waals surface area contributed by atoms with E-state index in [9.17, 15) is 4.79 Å². The molecule has 1 aliphatic rings. The van der Waals surface area contributed by atoms with Gasteiger partial charge >= 0.3 is 0 Å². The Morgan fingerprint density at radius 3 is 2.45 bits per heavy atom. The molecule has 0 spiro atoms. The Balaban J connectivity index is 1.18. The molecule has 0 aliphatic carbocycles. The Morgan fingerprint density at radius 1 is 1.06 bits per heavy atom. The summed E-state index contributed by atoms with van der Waals surface area (Å²) in [6.07, 6.45) is 11.0. The van der Waals surface area contributed by atoms with Crippen LogP contribution >= 0.6 is 0 Å². The number of aryl methyl sites for hydroxylation is 2. The van der Waals surface area contributed by atoms with Gasteiger partial charge in [-0.1, -0.05) is 24.3 Å². The molecule has 1 fully saturated rings. The zero-order valence-corrected chi connectivity index (χ0v) is 18.1. The van der Waals surface area contributed by atoms with Crippen LogP contribution in [0.5, 0.6) is 5.75 Å². The third-order valence-corrected chi connectivity index (χ3v) is 5.89. The molecule has 0 unspecified atom stereocenters. The number of pyridine rings is 1. The van der Waals surface area contributed by atoms with Crippen molar-refractivity contribution in [2.75, 3.05) is 13.1 Å². The number of carbonyl (C=O) groups excluding carboxylic acids is 1. The molecule has 4 rings (SSSR count). The Morgan fingerprint density at radius 2 is 1.77 bits per heavy atom. The number of carbonyl (C=O) groups is 1. The highest BCUT2D eigenvalue weighted by Gasteiger charge is 2.22. The van der Waals surface area contributed by atoms with Crippen molar-refractivity contribution < 1.29 is 9.53 Å². The van der Waals surface area contributed by atoms with Crippen LogP contribution in [0.3, 0.4) is 0 Å². The van der Waals surface area contributed by atoms with Gasteiger partial charge in [-0.3, -0.25) is 14.5 Å². The maximum absolute atomic E-state index is 12.5. The quantitative estimate of drug-likeness (QED) is 0.554. The first-order chi connectivity index (χ1) is 15.2. The number of benzene rings is 1. The van der Waals surface area contributed by atoms with Crippen LogP contribution < -0.4 is 4.74 Å². The SMILES string of the molecule is Cc1cnn(CCC(=O)N2CCC(Cc3ccc(COc4ccncc4)cc3)CC2)c1. The standard InChI is InChI=1S/C25H30N4O2/c1-20-17-27-29(18-20)15-10-25(30)28-13-8-22(9-14-28)16-21-2-4-23(5-3-21)19-31-24-6-11-26-12-7-24/h2-7,11-12,17-18,22H,8-10,13-16,19H2,1H3. The first-order valence-corrected chi connectivity index (χ1v) is 11.0. The minimum Gasteiger partial charge on any atom is -0.489 e. The number of piperidine rings is 1. The lowest BCUT2D eigenvalue weighted by Crippen LogP contribution is -2.39. The molecule has 0 bridgehead atoms. The summed E-state index contributed by atoms with van der Waals surface area (Å²) in [6.45, 7) is 4.95. The van der Waals surface area contributed by atoms with Crippen molar-refractivity contribution in [1.29, 1.82) is 0 Å². The molecule has 1 amide bonds. The van der Waals surface area contributed by atoms with E-state index in [0.717, 1.165) is 49.2 Å². The first kappa shape index (κ1) is 21.1. The van der Waals surface area contributed by atoms with Crippen LogP contribution in [0, 0.1) is 12.8 Å². The summed E-state index contributed by atoms with van der Waals surface area (Å²) in [5.41, 5.74) is 3.64. The molecule has 0 radical (unpaired) electrons. The van der Waals surface area contributed by atoms with Crippen LogP contribution in [-0.4, -0.2) is 38.7 Å². The normalized spacial score (nSPS) is 14.5. The van der Waals surface area contributed by atoms with Gasteiger partial charge in [-0.2, -0.15) is 5.10 Å². The van der Waals surface area contributed by atoms with Crippen molar-refractivity contribution >= 4 is 5.91 Å². The second-order valence-corrected chi connectivity index (χ2v) is 8.35. The summed E-state index contributed by atoms with van der Waals surface area (Å²) in [5.74, 6) is 1.71. The number of likely N-dealkylation sites (tertiary alicyclic amines) is 1. The fourth-order valence-corrected chi connectivity index (χ4v) is 4.05. The van der Waals surface area contributed by atoms with E-state index in [1.807, 2.05) is 41.0 Å². The van der Waals surface area contributed by atoms with Crippen molar-refractivity contribution in [3.8, 4) is 5.75 Å². The number of amides is 1. The Bertz CT molecular complexity index is 961. The van der Waals surface area contributed by atoms with E-state index in [1.54, 1.807) is 12.4 Å². The van der Waals surface area contributed by atoms with Crippen LogP contribution in [0.25, 0.3) is 0 Å². The van der Waals surface area contributed by atoms with E-state index < -0.39 is 0 Å². The van der Waals surface area contributed by atoms with Crippen LogP contribution in [0.4, 0.5) is 0 Å². The number of ether oxygens (including phenoxy) is 1. The summed E-state index contributed by atoms with van der Waals surface area (Å²) in [4.78, 5) is 18.5. The Kier molecular flexibility index (Phi) is 6.97. The summed E-state index contributed by atoms with van der Waals surface area (Å²) in [6, 6.07) is 12.4. The van der Waals surface area contributed by atoms with Crippen molar-refractivity contribution in [2.24, 2.45) is 5.92 Å². The zero-order chi connectivity index (χ0) is 21.5. The molecule has 6 heteroatoms. The molecule has 0 N–H and O–H groups in total. The molecule has 1 saturated heterocycles. The average molecular weight is 419 g/mol. The van der Waals surface area contributed by atoms with Gasteiger partial charge in [-0.15, -0.1) is 0 Å². The highest BCUT2D eigenvalue weighted by molar-refractivity contribution is 5.76. The van der Waals surface area contributed by atoms with Crippen LogP contribution in [0.15, 0.2) is 61.2 Å². The fourth-order valence-electron chi connectivity index (χ4n) is 4.05. The number of aromatic nitrogens is 3. The van der Waals surface area contributed by atoms with Crippen molar-refractivity contribution in [1.82, 2.24) is 19.7 Å². The highest BCUT2D eigenvalue weighted by Crippen LogP contribution is 2.23. The van der Waals surface area contributed by atoms with Gasteiger partial charge < -0.3 is 9.64 Å². The van der Waals surface area contributed by atoms with E-state index in [4.69, 9.17) is 4.74 Å². The lowest BCUT2D eigenvalue weighted by atomic mass is 9.90. The van der Waals surface area contributed by atoms with E-state index in [-0.39, 0.29) is 5.91 Å². The molecule has 6 nitrogen and oxygen atoms in total. The topological polar surface area (TPSA) is 60.2 Å². The molecule has 0 atom stereocenters. The minimum atomic E-state index is 0.241. The minimum absolute atomic E-state index is 0.241. The monoisotopic (exact) mass is 418 g/mol. The molecule has 3 heterocycles. The lowest BCUT2D eigenvalue weighted by molar-refractivity contribution is -0.132. The molecule has 3 aromatic rings. The second kappa shape index (κ2) is 10.2. The van der Waals surface area contributed by atoms with Gasteiger partial charge in [0.25, 0.3) is 0 Å². The van der Waals surface area contributed by atoms with Crippen molar-refractivity contribution in [3.63, 3.8) is 0 Å². The number of hydrogen-bond donors (Lipinski definition) is 0. The molecule has 1 aliphatic heterocycles. The van der Waals surface area contributed by atoms with Gasteiger partial charge in [0.05, 0.1) is 6.20 Å². The summed E-state index contributed by atoms with van der Waals surface area (Å²) in [7, 11) is 0. The van der Waals surface area contributed by atoms with Gasteiger partial charge in [0, 0.05) is 44.6 Å². The highest BCUT2D eigenvalue weighted by atomic mass is 16.5. The van der Waals surface area contributed by atoms with E-state index in [1.165, 1.54) is 5.56 Å². The lowest BCUT2D eigenvalue weighted by Gasteiger charge is -2.32. The molecule has 2 aromatic heterocycles. The zero-order valence-electron chi connectivity index (χ0n) is 18.1. The Labute approximate surface area is 183 Å². The summed E-state index contributed by atoms with van der Waals surface area (Å²) >= 11 is 0. The largest absolute Gasteiger partial charge is 0.489 e. The number of rotatable bonds is 8. The molecule has 31 heavy (non-hydrogen) atoms. The summed E-state index contributed by atoms with van der Waals surface area (Å²) in [5, 5.41) is 4.26. The maximum Gasteiger partial charge on any atom is 0.224 e. The second-order valence-electron chi connectivity index (χ2n) is 8.35. The average Bonchev–Trinajstić information content (AvgIpc) is 3.23. The molecule has 0 saturated carbocycles. The molecular weight excluding hydrogens is 388 g/mol.